The number of nitrogens with zero attached hydrogens (tertiary/aromatic N) is 1. The summed E-state index contributed by atoms with van der Waals surface area (Å²) in [6.07, 6.45) is 1.02. The molecule has 1 nitrogen and oxygen atoms in total. The maximum absolute atomic E-state index is 4.52. The van der Waals surface area contributed by atoms with Gasteiger partial charge in [-0.05, 0) is 24.8 Å². The number of benzene rings is 1. The van der Waals surface area contributed by atoms with Gasteiger partial charge in [0.05, 0.1) is 10.7 Å². The minimum absolute atomic E-state index is 0.394. The molecule has 17 heavy (non-hydrogen) atoms. The van der Waals surface area contributed by atoms with E-state index in [1.54, 1.807) is 11.3 Å². The highest BCUT2D eigenvalue weighted by molar-refractivity contribution is 9.09. The van der Waals surface area contributed by atoms with Crippen molar-refractivity contribution >= 4 is 27.3 Å². The second-order valence-electron chi connectivity index (χ2n) is 4.35. The van der Waals surface area contributed by atoms with Gasteiger partial charge in [0.15, 0.2) is 0 Å². The van der Waals surface area contributed by atoms with Crippen molar-refractivity contribution in [2.75, 3.05) is 0 Å². The molecule has 0 radical (unpaired) electrons. The van der Waals surface area contributed by atoms with Gasteiger partial charge in [-0.25, -0.2) is 4.98 Å². The monoisotopic (exact) mass is 309 g/mol. The highest BCUT2D eigenvalue weighted by atomic mass is 79.9. The molecule has 2 aromatic rings. The zero-order valence-electron chi connectivity index (χ0n) is 10.1. The van der Waals surface area contributed by atoms with E-state index in [2.05, 4.69) is 70.5 Å². The van der Waals surface area contributed by atoms with E-state index in [1.165, 1.54) is 11.3 Å². The molecule has 0 spiro atoms. The third kappa shape index (κ3) is 3.39. The molecule has 0 saturated carbocycles. The lowest BCUT2D eigenvalue weighted by atomic mass is 9.97. The SMILES string of the molecule is Cc1nc(CC(C)C(Br)c2ccccc2)cs1. The van der Waals surface area contributed by atoms with Crippen LogP contribution >= 0.6 is 27.3 Å². The molecule has 90 valence electrons. The topological polar surface area (TPSA) is 12.9 Å². The quantitative estimate of drug-likeness (QED) is 0.742. The summed E-state index contributed by atoms with van der Waals surface area (Å²) in [5.74, 6) is 0.541. The Bertz CT molecular complexity index is 466. The van der Waals surface area contributed by atoms with Crippen LogP contribution in [0.1, 0.15) is 28.0 Å². The fraction of sp³-hybridized carbons (Fsp3) is 0.357. The van der Waals surface area contributed by atoms with E-state index in [4.69, 9.17) is 0 Å². The largest absolute Gasteiger partial charge is 0.247 e. The summed E-state index contributed by atoms with van der Waals surface area (Å²) in [4.78, 5) is 4.92. The molecule has 0 fully saturated rings. The Labute approximate surface area is 115 Å². The van der Waals surface area contributed by atoms with Crippen LogP contribution < -0.4 is 0 Å². The van der Waals surface area contributed by atoms with Crippen molar-refractivity contribution in [2.24, 2.45) is 5.92 Å². The van der Waals surface area contributed by atoms with Crippen molar-refractivity contribution in [1.82, 2.24) is 4.98 Å². The van der Waals surface area contributed by atoms with Crippen molar-refractivity contribution in [3.05, 3.63) is 52.0 Å². The lowest BCUT2D eigenvalue weighted by Gasteiger charge is -2.17. The Kier molecular flexibility index (Phi) is 4.35. The van der Waals surface area contributed by atoms with Gasteiger partial charge in [-0.1, -0.05) is 53.2 Å². The second-order valence-corrected chi connectivity index (χ2v) is 6.40. The maximum Gasteiger partial charge on any atom is 0.0897 e. The third-order valence-corrected chi connectivity index (χ3v) is 5.07. The summed E-state index contributed by atoms with van der Waals surface area (Å²) >= 11 is 5.52. The van der Waals surface area contributed by atoms with Crippen molar-refractivity contribution in [1.29, 1.82) is 0 Å². The van der Waals surface area contributed by atoms with Gasteiger partial charge >= 0.3 is 0 Å². The van der Waals surface area contributed by atoms with Crippen LogP contribution in [0.3, 0.4) is 0 Å². The number of hydrogen-bond donors (Lipinski definition) is 0. The minimum atomic E-state index is 0.394. The summed E-state index contributed by atoms with van der Waals surface area (Å²) in [7, 11) is 0. The smallest absolute Gasteiger partial charge is 0.0897 e. The predicted molar refractivity (Wildman–Crippen MR) is 77.8 cm³/mol. The van der Waals surface area contributed by atoms with E-state index < -0.39 is 0 Å². The average molecular weight is 310 g/mol. The maximum atomic E-state index is 4.52. The first kappa shape index (κ1) is 12.8. The van der Waals surface area contributed by atoms with Gasteiger partial charge in [-0.15, -0.1) is 11.3 Å². The van der Waals surface area contributed by atoms with Gasteiger partial charge in [-0.3, -0.25) is 0 Å². The number of alkyl halides is 1. The molecule has 1 aromatic carbocycles. The Morgan fingerprint density at radius 3 is 2.59 bits per heavy atom. The molecule has 3 heteroatoms. The molecule has 0 amide bonds. The fourth-order valence-electron chi connectivity index (χ4n) is 1.90. The number of thiazole rings is 1. The summed E-state index contributed by atoms with van der Waals surface area (Å²) in [6, 6.07) is 10.6. The van der Waals surface area contributed by atoms with Gasteiger partial charge in [0, 0.05) is 10.2 Å². The first-order chi connectivity index (χ1) is 8.16. The molecule has 0 bridgehead atoms. The van der Waals surface area contributed by atoms with Gasteiger partial charge in [-0.2, -0.15) is 0 Å². The lowest BCUT2D eigenvalue weighted by Crippen LogP contribution is -2.07. The van der Waals surface area contributed by atoms with Crippen molar-refractivity contribution in [3.8, 4) is 0 Å². The number of rotatable bonds is 4. The number of halogens is 1. The molecule has 0 aliphatic heterocycles. The second kappa shape index (κ2) is 5.78. The van der Waals surface area contributed by atoms with Crippen molar-refractivity contribution < 1.29 is 0 Å². The summed E-state index contributed by atoms with van der Waals surface area (Å²) in [5, 5.41) is 3.31. The molecule has 1 heterocycles. The van der Waals surface area contributed by atoms with Crippen LogP contribution in [-0.4, -0.2) is 4.98 Å². The summed E-state index contributed by atoms with van der Waals surface area (Å²) in [5.41, 5.74) is 2.55. The number of aryl methyl sites for hydroxylation is 1. The summed E-state index contributed by atoms with van der Waals surface area (Å²) in [6.45, 7) is 4.32. The third-order valence-electron chi connectivity index (χ3n) is 2.82. The van der Waals surface area contributed by atoms with Crippen LogP contribution in [0.2, 0.25) is 0 Å². The molecule has 2 rings (SSSR count). The van der Waals surface area contributed by atoms with Gasteiger partial charge < -0.3 is 0 Å². The first-order valence-corrected chi connectivity index (χ1v) is 7.56. The van der Waals surface area contributed by atoms with E-state index in [0.717, 1.165) is 11.4 Å². The Morgan fingerprint density at radius 2 is 2.00 bits per heavy atom. The van der Waals surface area contributed by atoms with Gasteiger partial charge in [0.2, 0.25) is 0 Å². The first-order valence-electron chi connectivity index (χ1n) is 5.77. The minimum Gasteiger partial charge on any atom is -0.247 e. The molecular weight excluding hydrogens is 294 g/mol. The van der Waals surface area contributed by atoms with E-state index in [-0.39, 0.29) is 0 Å². The molecule has 2 atom stereocenters. The van der Waals surface area contributed by atoms with Crippen molar-refractivity contribution in [3.63, 3.8) is 0 Å². The zero-order chi connectivity index (χ0) is 12.3. The molecule has 0 N–H and O–H groups in total. The van der Waals surface area contributed by atoms with Crippen LogP contribution in [0.25, 0.3) is 0 Å². The number of hydrogen-bond acceptors (Lipinski definition) is 2. The standard InChI is InChI=1S/C14H16BrNS/c1-10(8-13-9-17-11(2)16-13)14(15)12-6-4-3-5-7-12/h3-7,9-10,14H,8H2,1-2H3. The van der Waals surface area contributed by atoms with Crippen LogP contribution in [0.5, 0.6) is 0 Å². The molecule has 0 aliphatic rings. The van der Waals surface area contributed by atoms with Crippen LogP contribution in [0, 0.1) is 12.8 Å². The van der Waals surface area contributed by atoms with Gasteiger partial charge in [0.1, 0.15) is 0 Å². The van der Waals surface area contributed by atoms with E-state index in [9.17, 15) is 0 Å². The van der Waals surface area contributed by atoms with Crippen molar-refractivity contribution in [2.45, 2.75) is 25.1 Å². The molecule has 0 saturated heterocycles. The molecule has 0 aliphatic carbocycles. The highest BCUT2D eigenvalue weighted by Crippen LogP contribution is 2.32. The molecular formula is C14H16BrNS. The number of aromatic nitrogens is 1. The Hall–Kier alpha value is -0.670. The van der Waals surface area contributed by atoms with Crippen LogP contribution in [0.15, 0.2) is 35.7 Å². The lowest BCUT2D eigenvalue weighted by molar-refractivity contribution is 0.565. The Balaban J connectivity index is 2.03. The zero-order valence-corrected chi connectivity index (χ0v) is 12.5. The highest BCUT2D eigenvalue weighted by Gasteiger charge is 2.17. The fourth-order valence-corrected chi connectivity index (χ4v) is 3.02. The van der Waals surface area contributed by atoms with E-state index >= 15 is 0 Å². The van der Waals surface area contributed by atoms with Gasteiger partial charge in [0.25, 0.3) is 0 Å². The predicted octanol–water partition coefficient (Wildman–Crippen LogP) is 4.77. The normalized spacial score (nSPS) is 14.5. The van der Waals surface area contributed by atoms with Crippen LogP contribution in [0.4, 0.5) is 0 Å². The average Bonchev–Trinajstić information content (AvgIpc) is 2.75. The molecule has 1 aromatic heterocycles. The molecule has 2 unspecified atom stereocenters. The van der Waals surface area contributed by atoms with E-state index in [0.29, 0.717) is 10.7 Å². The Morgan fingerprint density at radius 1 is 1.29 bits per heavy atom. The summed E-state index contributed by atoms with van der Waals surface area (Å²) < 4.78 is 0. The van der Waals surface area contributed by atoms with Crippen LogP contribution in [-0.2, 0) is 6.42 Å². The van der Waals surface area contributed by atoms with E-state index in [1.807, 2.05) is 0 Å².